The standard InChI is InChI=1S/C29H33F2N3O2S/c1-22-12-17-37-27(22)20-34(19-24-6-10-26(31)11-7-24)29(36)21-33(16-15-32-13-2-3-14-32)28(35)18-23-4-8-25(30)9-5-23/h4-12,17H,2-3,13-16,18-21H2,1H3. The molecule has 0 unspecified atom stereocenters. The molecule has 1 fully saturated rings. The Morgan fingerprint density at radius 1 is 0.838 bits per heavy atom. The van der Waals surface area contributed by atoms with E-state index in [1.807, 2.05) is 18.4 Å². The zero-order valence-electron chi connectivity index (χ0n) is 21.2. The molecule has 196 valence electrons. The summed E-state index contributed by atoms with van der Waals surface area (Å²) in [6.45, 7) is 5.89. The first-order valence-electron chi connectivity index (χ1n) is 12.7. The number of hydrogen-bond donors (Lipinski definition) is 0. The maximum atomic E-state index is 13.7. The van der Waals surface area contributed by atoms with E-state index < -0.39 is 0 Å². The summed E-state index contributed by atoms with van der Waals surface area (Å²) in [7, 11) is 0. The maximum absolute atomic E-state index is 13.7. The minimum atomic E-state index is -0.349. The van der Waals surface area contributed by atoms with E-state index in [1.165, 1.54) is 24.3 Å². The lowest BCUT2D eigenvalue weighted by Crippen LogP contribution is -2.45. The third-order valence-corrected chi connectivity index (χ3v) is 7.78. The predicted octanol–water partition coefficient (Wildman–Crippen LogP) is 5.03. The molecule has 0 bridgehead atoms. The van der Waals surface area contributed by atoms with Crippen LogP contribution in [0.3, 0.4) is 0 Å². The first-order valence-corrected chi connectivity index (χ1v) is 13.5. The molecule has 2 heterocycles. The van der Waals surface area contributed by atoms with E-state index in [0.717, 1.165) is 41.9 Å². The van der Waals surface area contributed by atoms with Gasteiger partial charge in [0.25, 0.3) is 0 Å². The van der Waals surface area contributed by atoms with Crippen LogP contribution in [-0.2, 0) is 29.1 Å². The molecule has 1 aromatic heterocycles. The number of thiophene rings is 1. The zero-order chi connectivity index (χ0) is 26.2. The number of amides is 2. The second kappa shape index (κ2) is 12.9. The number of carbonyl (C=O) groups excluding carboxylic acids is 2. The van der Waals surface area contributed by atoms with Crippen LogP contribution in [0.25, 0.3) is 0 Å². The van der Waals surface area contributed by atoms with Crippen molar-refractivity contribution >= 4 is 23.2 Å². The smallest absolute Gasteiger partial charge is 0.242 e. The molecular weight excluding hydrogens is 492 g/mol. The van der Waals surface area contributed by atoms with Crippen molar-refractivity contribution in [3.8, 4) is 0 Å². The molecule has 2 amide bonds. The van der Waals surface area contributed by atoms with Gasteiger partial charge in [-0.1, -0.05) is 24.3 Å². The second-order valence-electron chi connectivity index (χ2n) is 9.57. The van der Waals surface area contributed by atoms with Crippen LogP contribution < -0.4 is 0 Å². The van der Waals surface area contributed by atoms with Gasteiger partial charge in [0.05, 0.1) is 19.5 Å². The molecule has 0 aliphatic carbocycles. The topological polar surface area (TPSA) is 43.9 Å². The molecule has 5 nitrogen and oxygen atoms in total. The van der Waals surface area contributed by atoms with E-state index in [9.17, 15) is 18.4 Å². The fourth-order valence-corrected chi connectivity index (χ4v) is 5.41. The summed E-state index contributed by atoms with van der Waals surface area (Å²) in [5, 5.41) is 2.00. The van der Waals surface area contributed by atoms with Gasteiger partial charge in [-0.3, -0.25) is 9.59 Å². The van der Waals surface area contributed by atoms with Crippen molar-refractivity contribution in [2.75, 3.05) is 32.7 Å². The van der Waals surface area contributed by atoms with Crippen molar-refractivity contribution in [1.29, 1.82) is 0 Å². The van der Waals surface area contributed by atoms with Gasteiger partial charge < -0.3 is 14.7 Å². The van der Waals surface area contributed by atoms with Crippen LogP contribution in [-0.4, -0.2) is 59.2 Å². The van der Waals surface area contributed by atoms with E-state index in [4.69, 9.17) is 0 Å². The average Bonchev–Trinajstić information content (AvgIpc) is 3.55. The molecule has 0 saturated carbocycles. The van der Waals surface area contributed by atoms with Crippen LogP contribution in [0, 0.1) is 18.6 Å². The molecule has 0 radical (unpaired) electrons. The van der Waals surface area contributed by atoms with Crippen LogP contribution >= 0.6 is 11.3 Å². The van der Waals surface area contributed by atoms with Crippen LogP contribution in [0.4, 0.5) is 8.78 Å². The Morgan fingerprint density at radius 2 is 1.46 bits per heavy atom. The lowest BCUT2D eigenvalue weighted by molar-refractivity contribution is -0.141. The Labute approximate surface area is 221 Å². The van der Waals surface area contributed by atoms with Crippen molar-refractivity contribution < 1.29 is 18.4 Å². The number of carbonyl (C=O) groups is 2. The molecule has 2 aromatic carbocycles. The molecule has 0 N–H and O–H groups in total. The average molecular weight is 526 g/mol. The van der Waals surface area contributed by atoms with Gasteiger partial charge in [-0.05, 0) is 85.3 Å². The molecule has 0 atom stereocenters. The highest BCUT2D eigenvalue weighted by atomic mass is 32.1. The van der Waals surface area contributed by atoms with E-state index in [0.29, 0.717) is 31.7 Å². The van der Waals surface area contributed by atoms with E-state index in [1.54, 1.807) is 45.4 Å². The van der Waals surface area contributed by atoms with Crippen molar-refractivity contribution in [2.45, 2.75) is 39.3 Å². The molecule has 37 heavy (non-hydrogen) atoms. The fraction of sp³-hybridized carbons (Fsp3) is 0.379. The van der Waals surface area contributed by atoms with Gasteiger partial charge in [0, 0.05) is 24.5 Å². The Kier molecular flexibility index (Phi) is 9.41. The third kappa shape index (κ3) is 7.94. The molecule has 3 aromatic rings. The van der Waals surface area contributed by atoms with E-state index in [2.05, 4.69) is 4.90 Å². The van der Waals surface area contributed by atoms with Gasteiger partial charge in [0.15, 0.2) is 0 Å². The first-order chi connectivity index (χ1) is 17.9. The number of rotatable bonds is 11. The molecule has 8 heteroatoms. The Bertz CT molecular complexity index is 1170. The predicted molar refractivity (Wildman–Crippen MR) is 142 cm³/mol. The highest BCUT2D eigenvalue weighted by molar-refractivity contribution is 7.10. The highest BCUT2D eigenvalue weighted by Crippen LogP contribution is 2.20. The molecule has 4 rings (SSSR count). The van der Waals surface area contributed by atoms with Crippen LogP contribution in [0.15, 0.2) is 60.0 Å². The van der Waals surface area contributed by atoms with Gasteiger partial charge in [-0.15, -0.1) is 11.3 Å². The zero-order valence-corrected chi connectivity index (χ0v) is 22.0. The maximum Gasteiger partial charge on any atom is 0.242 e. The number of likely N-dealkylation sites (tertiary alicyclic amines) is 1. The normalized spacial score (nSPS) is 13.6. The minimum absolute atomic E-state index is 0.0422. The van der Waals surface area contributed by atoms with E-state index >= 15 is 0 Å². The number of halogens is 2. The van der Waals surface area contributed by atoms with Gasteiger partial charge >= 0.3 is 0 Å². The van der Waals surface area contributed by atoms with Crippen LogP contribution in [0.5, 0.6) is 0 Å². The lowest BCUT2D eigenvalue weighted by Gasteiger charge is -2.29. The lowest BCUT2D eigenvalue weighted by atomic mass is 10.1. The Balaban J connectivity index is 1.50. The molecule has 0 spiro atoms. The quantitative estimate of drug-likeness (QED) is 0.353. The fourth-order valence-electron chi connectivity index (χ4n) is 4.49. The summed E-state index contributed by atoms with van der Waals surface area (Å²) < 4.78 is 26.8. The Hall–Kier alpha value is -3.10. The second-order valence-corrected chi connectivity index (χ2v) is 10.6. The minimum Gasteiger partial charge on any atom is -0.332 e. The monoisotopic (exact) mass is 525 g/mol. The number of hydrogen-bond acceptors (Lipinski definition) is 4. The van der Waals surface area contributed by atoms with Gasteiger partial charge in [0.1, 0.15) is 11.6 Å². The molecular formula is C29H33F2N3O2S. The summed E-state index contributed by atoms with van der Waals surface area (Å²) in [6.07, 6.45) is 2.40. The summed E-state index contributed by atoms with van der Waals surface area (Å²) in [6, 6.07) is 14.1. The summed E-state index contributed by atoms with van der Waals surface area (Å²) in [4.78, 5) is 33.7. The van der Waals surface area contributed by atoms with Gasteiger partial charge in [-0.25, -0.2) is 8.78 Å². The molecule has 1 saturated heterocycles. The Morgan fingerprint density at radius 3 is 2.05 bits per heavy atom. The van der Waals surface area contributed by atoms with Crippen LogP contribution in [0.2, 0.25) is 0 Å². The number of benzene rings is 2. The van der Waals surface area contributed by atoms with Gasteiger partial charge in [0.2, 0.25) is 11.8 Å². The summed E-state index contributed by atoms with van der Waals surface area (Å²) >= 11 is 1.59. The summed E-state index contributed by atoms with van der Waals surface area (Å²) in [5.41, 5.74) is 2.65. The molecule has 1 aliphatic heterocycles. The SMILES string of the molecule is Cc1ccsc1CN(Cc1ccc(F)cc1)C(=O)CN(CCN1CCCC1)C(=O)Cc1ccc(F)cc1. The first kappa shape index (κ1) is 26.9. The largest absolute Gasteiger partial charge is 0.332 e. The highest BCUT2D eigenvalue weighted by Gasteiger charge is 2.24. The van der Waals surface area contributed by atoms with Crippen molar-refractivity contribution in [2.24, 2.45) is 0 Å². The van der Waals surface area contributed by atoms with Crippen molar-refractivity contribution in [1.82, 2.24) is 14.7 Å². The van der Waals surface area contributed by atoms with E-state index in [-0.39, 0.29) is 36.4 Å². The number of aryl methyl sites for hydroxylation is 1. The van der Waals surface area contributed by atoms with Crippen LogP contribution in [0.1, 0.15) is 34.4 Å². The summed E-state index contributed by atoms with van der Waals surface area (Å²) in [5.74, 6) is -0.994. The molecule has 1 aliphatic rings. The number of nitrogens with zero attached hydrogens (tertiary/aromatic N) is 3. The third-order valence-electron chi connectivity index (χ3n) is 6.77. The van der Waals surface area contributed by atoms with Gasteiger partial charge in [-0.2, -0.15) is 0 Å². The van der Waals surface area contributed by atoms with Crippen molar-refractivity contribution in [3.05, 3.63) is 93.2 Å². The van der Waals surface area contributed by atoms with Crippen molar-refractivity contribution in [3.63, 3.8) is 0 Å².